The predicted molar refractivity (Wildman–Crippen MR) is 540 cm³/mol. The zero-order valence-corrected chi connectivity index (χ0v) is 80.4. The molecule has 4 aromatic carbocycles. The molecule has 698 valence electrons. The summed E-state index contributed by atoms with van der Waals surface area (Å²) in [5.41, 5.74) is 29.0. The lowest BCUT2D eigenvalue weighted by atomic mass is 9.88. The van der Waals surface area contributed by atoms with Crippen molar-refractivity contribution in [3.05, 3.63) is 365 Å². The molecule has 24 heteroatoms. The van der Waals surface area contributed by atoms with Crippen molar-refractivity contribution in [1.82, 2.24) is 100 Å². The van der Waals surface area contributed by atoms with Crippen molar-refractivity contribution in [2.45, 2.75) is 236 Å². The molecule has 20 nitrogen and oxygen atoms in total. The highest BCUT2D eigenvalue weighted by atomic mass is 35.5. The molecule has 14 aromatic rings. The van der Waals surface area contributed by atoms with Crippen LogP contribution in [0.3, 0.4) is 0 Å². The number of halogens is 4. The van der Waals surface area contributed by atoms with Gasteiger partial charge in [0, 0.05) is 140 Å². The second-order valence-electron chi connectivity index (χ2n) is 36.4. The topological polar surface area (TPSA) is 254 Å². The van der Waals surface area contributed by atoms with Crippen molar-refractivity contribution in [2.24, 2.45) is 0 Å². The van der Waals surface area contributed by atoms with E-state index in [1.165, 1.54) is 220 Å². The highest BCUT2D eigenvalue weighted by Crippen LogP contribution is 2.42. The molecule has 133 heavy (non-hydrogen) atoms. The van der Waals surface area contributed by atoms with E-state index in [2.05, 4.69) is 183 Å². The molecule has 8 N–H and O–H groups in total. The second kappa shape index (κ2) is 53.1. The Hall–Kier alpha value is -10.3. The molecule has 10 aromatic heterocycles. The fourth-order valence-corrected chi connectivity index (χ4v) is 20.9. The number of pyridine rings is 4. The Morgan fingerprint density at radius 3 is 0.774 bits per heavy atom. The minimum Gasteiger partial charge on any atom is -0.348 e. The Kier molecular flexibility index (Phi) is 38.9. The number of hydrogen-bond donors (Lipinski definition) is 8. The van der Waals surface area contributed by atoms with E-state index >= 15 is 0 Å². The van der Waals surface area contributed by atoms with Crippen LogP contribution >= 0.6 is 46.4 Å². The predicted octanol–water partition coefficient (Wildman–Crippen LogP) is 22.9. The monoisotopic (exact) mass is 1860 g/mol. The highest BCUT2D eigenvalue weighted by Gasteiger charge is 2.31. The highest BCUT2D eigenvalue weighted by molar-refractivity contribution is 6.31. The molecule has 0 aliphatic heterocycles. The van der Waals surface area contributed by atoms with Gasteiger partial charge in [-0.25, -0.2) is 29.9 Å². The zero-order valence-electron chi connectivity index (χ0n) is 77.4. The molecule has 0 amide bonds. The molecule has 0 saturated carbocycles. The standard InChI is InChI=1S/C32H41ClN6.C30H37ClN6.C24H29ClN4.C23H27ClN4/c33-27-13-14-30-26(20-27)12-11-25-8-7-16-36-32(25)31(30)15-19-39(17-5-1-3-9-28-21-34-23-37-28)18-6-2-4-10-29-22-35-24-38-29;31-25-11-12-28-24(18-25)10-9-23-6-5-14-34-30(23)29(28)13-17-37(15-3-1-7-26-19-32-21-35-26)16-4-2-8-27-20-33-22-36-27;25-20-9-10-22-19(15-20)8-7-18-5-4-13-28-24(18)23(22)11-14-26-12-3-1-2-6-21-16-27-17-29-21;24-19-8-9-21-18(14-19)7-6-17-4-3-12-27-23(17)22(21)10-13-25-11-2-1-5-20-15-26-16-28-20/h7-8,13-14,16,20-24,31H,1-6,9-12,15,17-19H2,(H,34,37)(H,35,38);5-6,11-12,14,18-22,29H,1-4,7-10,13,15-17H2,(H,32,35)(H,33,36);4-5,9-10,13,15-17,23,26H,1-3,6-8,11-12,14H2,(H,27,29);3-4,8-9,12,14-16,22,25H,1-2,5-7,10-11,13H2,(H,26,28). The van der Waals surface area contributed by atoms with Crippen LogP contribution in [0.2, 0.25) is 20.1 Å². The van der Waals surface area contributed by atoms with E-state index in [1.54, 1.807) is 38.0 Å². The van der Waals surface area contributed by atoms with Gasteiger partial charge in [-0.1, -0.05) is 114 Å². The van der Waals surface area contributed by atoms with Crippen LogP contribution in [0.4, 0.5) is 0 Å². The SMILES string of the molecule is Clc1ccc2c(c1)CCc1cccnc1C2CCN(CCCCCc1cnc[nH]1)CCCCCc1cnc[nH]1.Clc1ccc2c(c1)CCc1cccnc1C2CCN(CCCCc1cnc[nH]1)CCCCc1cnc[nH]1.Clc1ccc2c(c1)CCc1cccnc1C2CCNCCCCCc1cnc[nH]1.Clc1ccc2c(c1)CCc1cccnc1C2CCNCCCCc1cnc[nH]1. The van der Waals surface area contributed by atoms with Crippen molar-refractivity contribution in [1.29, 1.82) is 0 Å². The summed E-state index contributed by atoms with van der Waals surface area (Å²) < 4.78 is 0. The number of aromatic nitrogens is 16. The Morgan fingerprint density at radius 1 is 0.256 bits per heavy atom. The molecule has 0 spiro atoms. The van der Waals surface area contributed by atoms with Crippen molar-refractivity contribution in [3.63, 3.8) is 0 Å². The third kappa shape index (κ3) is 30.1. The summed E-state index contributed by atoms with van der Waals surface area (Å²) in [5, 5.41) is 10.6. The van der Waals surface area contributed by atoms with Crippen LogP contribution in [0.25, 0.3) is 0 Å². The van der Waals surface area contributed by atoms with Gasteiger partial charge in [0.25, 0.3) is 0 Å². The number of nitrogens with zero attached hydrogens (tertiary/aromatic N) is 12. The lowest BCUT2D eigenvalue weighted by Gasteiger charge is -2.26. The first-order valence-corrected chi connectivity index (χ1v) is 50.7. The molecule has 4 aliphatic carbocycles. The number of benzene rings is 4. The summed E-state index contributed by atoms with van der Waals surface area (Å²) >= 11 is 25.4. The van der Waals surface area contributed by atoms with Crippen molar-refractivity contribution in [2.75, 3.05) is 65.4 Å². The molecule has 18 rings (SSSR count). The third-order valence-electron chi connectivity index (χ3n) is 27.1. The number of aryl methyl sites for hydroxylation is 14. The average Bonchev–Trinajstić information content (AvgIpc) is 1.69. The maximum atomic E-state index is 6.41. The Morgan fingerprint density at radius 2 is 0.496 bits per heavy atom. The van der Waals surface area contributed by atoms with Crippen LogP contribution in [0.1, 0.15) is 269 Å². The molecule has 0 fully saturated rings. The molecule has 0 bridgehead atoms. The fraction of sp³-hybridized carbons (Fsp3) is 0.431. The summed E-state index contributed by atoms with van der Waals surface area (Å²) in [6, 6.07) is 42.9. The molecule has 0 saturated heterocycles. The fourth-order valence-electron chi connectivity index (χ4n) is 20.1. The summed E-state index contributed by atoms with van der Waals surface area (Å²) in [4.78, 5) is 68.7. The first kappa shape index (κ1) is 97.3. The normalized spacial score (nSPS) is 15.2. The average molecular weight is 1870 g/mol. The summed E-state index contributed by atoms with van der Waals surface area (Å²) in [6.07, 6.45) is 67.0. The van der Waals surface area contributed by atoms with Gasteiger partial charge in [0.15, 0.2) is 0 Å². The van der Waals surface area contributed by atoms with E-state index in [1.807, 2.05) is 80.2 Å². The number of H-pyrrole nitrogens is 6. The maximum Gasteiger partial charge on any atom is 0.0921 e. The molecular formula is C109H134Cl4N20. The van der Waals surface area contributed by atoms with Gasteiger partial charge >= 0.3 is 0 Å². The van der Waals surface area contributed by atoms with Gasteiger partial charge in [0.2, 0.25) is 0 Å². The van der Waals surface area contributed by atoms with Crippen LogP contribution in [0.5, 0.6) is 0 Å². The van der Waals surface area contributed by atoms with Crippen molar-refractivity contribution >= 4 is 46.4 Å². The number of imidazole rings is 6. The van der Waals surface area contributed by atoms with Gasteiger partial charge in [0.05, 0.1) is 60.7 Å². The molecule has 4 unspecified atom stereocenters. The second-order valence-corrected chi connectivity index (χ2v) is 38.1. The quantitative estimate of drug-likeness (QED) is 0.0165. The summed E-state index contributed by atoms with van der Waals surface area (Å²) in [7, 11) is 0. The molecule has 10 heterocycles. The minimum atomic E-state index is 0.309. The van der Waals surface area contributed by atoms with Gasteiger partial charge in [-0.05, 0) is 398 Å². The van der Waals surface area contributed by atoms with Crippen LogP contribution in [-0.2, 0) is 89.9 Å². The number of fused-ring (bicyclic) bond motifs is 8. The van der Waals surface area contributed by atoms with Gasteiger partial charge in [-0.3, -0.25) is 19.9 Å². The van der Waals surface area contributed by atoms with Crippen LogP contribution in [0.15, 0.2) is 221 Å². The number of aromatic amines is 6. The Balaban J connectivity index is 0.000000137. The number of unbranched alkanes of at least 4 members (excludes halogenated alkanes) is 9. The van der Waals surface area contributed by atoms with E-state index in [9.17, 15) is 0 Å². The van der Waals surface area contributed by atoms with E-state index < -0.39 is 0 Å². The van der Waals surface area contributed by atoms with Gasteiger partial charge < -0.3 is 50.3 Å². The first-order valence-electron chi connectivity index (χ1n) is 49.2. The van der Waals surface area contributed by atoms with E-state index in [0.29, 0.717) is 23.7 Å². The Bertz CT molecular complexity index is 5560. The third-order valence-corrected chi connectivity index (χ3v) is 28.1. The van der Waals surface area contributed by atoms with E-state index in [-0.39, 0.29) is 0 Å². The number of hydrogen-bond acceptors (Lipinski definition) is 14. The zero-order chi connectivity index (χ0) is 91.1. The van der Waals surface area contributed by atoms with Crippen molar-refractivity contribution in [3.8, 4) is 0 Å². The Labute approximate surface area is 807 Å². The summed E-state index contributed by atoms with van der Waals surface area (Å²) in [6.45, 7) is 10.8. The summed E-state index contributed by atoms with van der Waals surface area (Å²) in [5.74, 6) is 1.31. The molecular weight excluding hydrogens is 1730 g/mol. The van der Waals surface area contributed by atoms with Gasteiger partial charge in [-0.15, -0.1) is 0 Å². The largest absolute Gasteiger partial charge is 0.348 e. The number of rotatable bonds is 45. The first-order chi connectivity index (χ1) is 65.6. The lowest BCUT2D eigenvalue weighted by molar-refractivity contribution is 0.254. The van der Waals surface area contributed by atoms with Gasteiger partial charge in [0.1, 0.15) is 0 Å². The minimum absolute atomic E-state index is 0.309. The van der Waals surface area contributed by atoms with Crippen molar-refractivity contribution < 1.29 is 0 Å². The van der Waals surface area contributed by atoms with E-state index in [0.717, 1.165) is 201 Å². The van der Waals surface area contributed by atoms with Crippen LogP contribution in [0, 0.1) is 0 Å². The lowest BCUT2D eigenvalue weighted by Crippen LogP contribution is -2.29. The maximum absolute atomic E-state index is 6.41. The molecule has 4 atom stereocenters. The molecule has 4 aliphatic rings. The smallest absolute Gasteiger partial charge is 0.0921 e. The van der Waals surface area contributed by atoms with Gasteiger partial charge in [-0.2, -0.15) is 0 Å². The van der Waals surface area contributed by atoms with Crippen LogP contribution in [-0.4, -0.2) is 155 Å². The van der Waals surface area contributed by atoms with E-state index in [4.69, 9.17) is 66.3 Å². The van der Waals surface area contributed by atoms with Crippen LogP contribution < -0.4 is 10.6 Å². The molecule has 0 radical (unpaired) electrons. The number of nitrogens with one attached hydrogen (secondary N) is 8.